The highest BCUT2D eigenvalue weighted by Gasteiger charge is 2.33. The van der Waals surface area contributed by atoms with Crippen molar-refractivity contribution in [2.75, 3.05) is 0 Å². The molecule has 0 saturated carbocycles. The Labute approximate surface area is 137 Å². The molecule has 5 heteroatoms. The zero-order valence-electron chi connectivity index (χ0n) is 13.1. The number of hydrogen-bond acceptors (Lipinski definition) is 2. The Morgan fingerprint density at radius 3 is 2.46 bits per heavy atom. The molecule has 2 N–H and O–H groups in total. The molecule has 3 aromatic rings. The van der Waals surface area contributed by atoms with Gasteiger partial charge in [0.25, 0.3) is 12.0 Å². The highest BCUT2D eigenvalue weighted by molar-refractivity contribution is 5.78. The van der Waals surface area contributed by atoms with Crippen LogP contribution in [0.5, 0.6) is 0 Å². The van der Waals surface area contributed by atoms with E-state index in [2.05, 4.69) is 4.98 Å². The highest BCUT2D eigenvalue weighted by Crippen LogP contribution is 2.28. The molecule has 0 amide bonds. The molecule has 0 spiro atoms. The number of aromatic amines is 1. The second-order valence-corrected chi connectivity index (χ2v) is 6.03. The first-order chi connectivity index (χ1) is 11.4. The van der Waals surface area contributed by atoms with E-state index in [1.807, 2.05) is 30.3 Å². The Morgan fingerprint density at radius 1 is 1.12 bits per heavy atom. The van der Waals surface area contributed by atoms with Crippen molar-refractivity contribution in [3.05, 3.63) is 81.6 Å². The van der Waals surface area contributed by atoms with Crippen LogP contribution in [0.1, 0.15) is 23.6 Å². The van der Waals surface area contributed by atoms with Gasteiger partial charge in [-0.05, 0) is 35.6 Å². The van der Waals surface area contributed by atoms with Gasteiger partial charge in [0.1, 0.15) is 5.60 Å². The second kappa shape index (κ2) is 6.17. The SMILES string of the molecule is C[C@](O)(c1ccc(Cc2cc3ccccc3[nH]c2=O)cc1)C(F)F. The van der Waals surface area contributed by atoms with Crippen LogP contribution in [0.15, 0.2) is 59.4 Å². The number of H-pyrrole nitrogens is 1. The number of pyridine rings is 1. The number of hydrogen-bond donors (Lipinski definition) is 2. The van der Waals surface area contributed by atoms with E-state index in [-0.39, 0.29) is 11.1 Å². The lowest BCUT2D eigenvalue weighted by molar-refractivity contribution is -0.0883. The summed E-state index contributed by atoms with van der Waals surface area (Å²) < 4.78 is 25.7. The van der Waals surface area contributed by atoms with Crippen molar-refractivity contribution in [3.63, 3.8) is 0 Å². The van der Waals surface area contributed by atoms with Crippen LogP contribution in [0.25, 0.3) is 10.9 Å². The zero-order valence-corrected chi connectivity index (χ0v) is 13.1. The van der Waals surface area contributed by atoms with Gasteiger partial charge in [-0.1, -0.05) is 42.5 Å². The molecule has 1 heterocycles. The van der Waals surface area contributed by atoms with Gasteiger partial charge in [-0.3, -0.25) is 4.79 Å². The van der Waals surface area contributed by atoms with Gasteiger partial charge < -0.3 is 10.1 Å². The van der Waals surface area contributed by atoms with Crippen molar-refractivity contribution in [2.45, 2.75) is 25.4 Å². The van der Waals surface area contributed by atoms with Crippen molar-refractivity contribution in [1.82, 2.24) is 4.98 Å². The van der Waals surface area contributed by atoms with E-state index in [4.69, 9.17) is 0 Å². The fraction of sp³-hybridized carbons (Fsp3) is 0.211. The molecule has 0 bridgehead atoms. The lowest BCUT2D eigenvalue weighted by Crippen LogP contribution is -2.30. The number of halogens is 2. The van der Waals surface area contributed by atoms with E-state index in [9.17, 15) is 18.7 Å². The van der Waals surface area contributed by atoms with Crippen LogP contribution in [0.3, 0.4) is 0 Å². The zero-order chi connectivity index (χ0) is 17.3. The number of para-hydroxylation sites is 1. The summed E-state index contributed by atoms with van der Waals surface area (Å²) in [7, 11) is 0. The van der Waals surface area contributed by atoms with Crippen LogP contribution >= 0.6 is 0 Å². The molecular weight excluding hydrogens is 312 g/mol. The third-order valence-corrected chi connectivity index (χ3v) is 4.19. The average molecular weight is 329 g/mol. The molecule has 0 radical (unpaired) electrons. The smallest absolute Gasteiger partial charge is 0.270 e. The number of alkyl halides is 2. The maximum absolute atomic E-state index is 12.9. The molecule has 0 unspecified atom stereocenters. The van der Waals surface area contributed by atoms with E-state index in [0.717, 1.165) is 23.4 Å². The fourth-order valence-corrected chi connectivity index (χ4v) is 2.63. The van der Waals surface area contributed by atoms with Crippen LogP contribution < -0.4 is 5.56 Å². The summed E-state index contributed by atoms with van der Waals surface area (Å²) in [6, 6.07) is 15.6. The molecular formula is C19H17F2NO2. The molecule has 1 atom stereocenters. The molecule has 0 saturated heterocycles. The average Bonchev–Trinajstić information content (AvgIpc) is 2.56. The quantitative estimate of drug-likeness (QED) is 0.768. The van der Waals surface area contributed by atoms with Crippen molar-refractivity contribution >= 4 is 10.9 Å². The molecule has 3 rings (SSSR count). The third-order valence-electron chi connectivity index (χ3n) is 4.19. The topological polar surface area (TPSA) is 53.1 Å². The predicted molar refractivity (Wildman–Crippen MR) is 89.4 cm³/mol. The molecule has 0 aliphatic rings. The Balaban J connectivity index is 1.89. The third kappa shape index (κ3) is 3.08. The van der Waals surface area contributed by atoms with Crippen LogP contribution in [-0.2, 0) is 12.0 Å². The summed E-state index contributed by atoms with van der Waals surface area (Å²) in [6.45, 7) is 1.08. The summed E-state index contributed by atoms with van der Waals surface area (Å²) in [6.07, 6.45) is -2.48. The second-order valence-electron chi connectivity index (χ2n) is 6.03. The van der Waals surface area contributed by atoms with Gasteiger partial charge in [0.2, 0.25) is 0 Å². The van der Waals surface area contributed by atoms with Crippen LogP contribution in [0, 0.1) is 0 Å². The largest absolute Gasteiger partial charge is 0.379 e. The number of aromatic nitrogens is 1. The van der Waals surface area contributed by atoms with Gasteiger partial charge in [0.15, 0.2) is 0 Å². The van der Waals surface area contributed by atoms with Crippen LogP contribution in [0.4, 0.5) is 8.78 Å². The normalized spacial score (nSPS) is 14.0. The molecule has 0 fully saturated rings. The molecule has 0 aliphatic carbocycles. The van der Waals surface area contributed by atoms with Gasteiger partial charge >= 0.3 is 0 Å². The van der Waals surface area contributed by atoms with Crippen molar-refractivity contribution < 1.29 is 13.9 Å². The van der Waals surface area contributed by atoms with Gasteiger partial charge in [-0.25, -0.2) is 8.78 Å². The van der Waals surface area contributed by atoms with Gasteiger partial charge in [0, 0.05) is 17.5 Å². The van der Waals surface area contributed by atoms with Crippen molar-refractivity contribution in [1.29, 1.82) is 0 Å². The van der Waals surface area contributed by atoms with E-state index < -0.39 is 12.0 Å². The van der Waals surface area contributed by atoms with Crippen molar-refractivity contribution in [3.8, 4) is 0 Å². The Hall–Kier alpha value is -2.53. The number of aliphatic hydroxyl groups is 1. The molecule has 0 aliphatic heterocycles. The standard InChI is InChI=1S/C19H17F2NO2/c1-19(24,18(20)21)15-8-6-12(7-9-15)10-14-11-13-4-2-3-5-16(13)22-17(14)23/h2-9,11,18,24H,10H2,1H3,(H,22,23)/t19-/m0/s1. The first-order valence-corrected chi connectivity index (χ1v) is 7.59. The lowest BCUT2D eigenvalue weighted by atomic mass is 9.94. The Bertz CT molecular complexity index is 915. The summed E-state index contributed by atoms with van der Waals surface area (Å²) in [5, 5.41) is 10.7. The Kier molecular flexibility index (Phi) is 4.20. The highest BCUT2D eigenvalue weighted by atomic mass is 19.3. The number of nitrogens with one attached hydrogen (secondary N) is 1. The predicted octanol–water partition coefficient (Wildman–Crippen LogP) is 3.59. The summed E-state index contributed by atoms with van der Waals surface area (Å²) in [4.78, 5) is 15.0. The summed E-state index contributed by atoms with van der Waals surface area (Å²) >= 11 is 0. The molecule has 24 heavy (non-hydrogen) atoms. The van der Waals surface area contributed by atoms with Gasteiger partial charge in [-0.15, -0.1) is 0 Å². The van der Waals surface area contributed by atoms with Crippen molar-refractivity contribution in [2.24, 2.45) is 0 Å². The molecule has 124 valence electrons. The monoisotopic (exact) mass is 329 g/mol. The summed E-state index contributed by atoms with van der Waals surface area (Å²) in [5.74, 6) is 0. The van der Waals surface area contributed by atoms with E-state index >= 15 is 0 Å². The Morgan fingerprint density at radius 2 is 1.79 bits per heavy atom. The lowest BCUT2D eigenvalue weighted by Gasteiger charge is -2.22. The minimum Gasteiger partial charge on any atom is -0.379 e. The number of rotatable bonds is 4. The van der Waals surface area contributed by atoms with E-state index in [1.54, 1.807) is 12.1 Å². The molecule has 3 nitrogen and oxygen atoms in total. The van der Waals surface area contributed by atoms with Gasteiger partial charge in [-0.2, -0.15) is 0 Å². The molecule has 1 aromatic heterocycles. The number of benzene rings is 2. The summed E-state index contributed by atoms with van der Waals surface area (Å²) in [5.41, 5.74) is -0.0221. The first-order valence-electron chi connectivity index (χ1n) is 7.59. The maximum Gasteiger partial charge on any atom is 0.270 e. The van der Waals surface area contributed by atoms with E-state index in [1.165, 1.54) is 12.1 Å². The first kappa shape index (κ1) is 16.3. The van der Waals surface area contributed by atoms with Gasteiger partial charge in [0.05, 0.1) is 0 Å². The molecule has 2 aromatic carbocycles. The minimum absolute atomic E-state index is 0.147. The minimum atomic E-state index is -2.87. The number of fused-ring (bicyclic) bond motifs is 1. The maximum atomic E-state index is 12.9. The van der Waals surface area contributed by atoms with E-state index in [0.29, 0.717) is 12.0 Å². The van der Waals surface area contributed by atoms with Crippen LogP contribution in [-0.4, -0.2) is 16.5 Å². The van der Waals surface area contributed by atoms with Crippen LogP contribution in [0.2, 0.25) is 0 Å². The fourth-order valence-electron chi connectivity index (χ4n) is 2.63.